The summed E-state index contributed by atoms with van der Waals surface area (Å²) in [6.45, 7) is 5.47. The smallest absolute Gasteiger partial charge is 0.130 e. The topological polar surface area (TPSA) is 40.5 Å². The van der Waals surface area contributed by atoms with Gasteiger partial charge in [-0.1, -0.05) is 6.92 Å². The second-order valence-electron chi connectivity index (χ2n) is 3.31. The summed E-state index contributed by atoms with van der Waals surface area (Å²) in [7, 11) is 1.99. The number of nitrogens with zero attached hydrogens (tertiary/aromatic N) is 1. The second kappa shape index (κ2) is 6.14. The Hall–Kier alpha value is -0.410. The predicted octanol–water partition coefficient (Wildman–Crippen LogP) is 0.526. The van der Waals surface area contributed by atoms with E-state index in [-0.39, 0.29) is 18.3 Å². The van der Waals surface area contributed by atoms with Crippen LogP contribution in [0.15, 0.2) is 0 Å². The Balaban J connectivity index is 3.74. The van der Waals surface area contributed by atoms with Crippen LogP contribution in [0.4, 0.5) is 0 Å². The van der Waals surface area contributed by atoms with Crippen LogP contribution in [0.25, 0.3) is 0 Å². The summed E-state index contributed by atoms with van der Waals surface area (Å²) in [6.07, 6.45) is 0.487. The molecular weight excluding hydrogens is 154 g/mol. The minimum Gasteiger partial charge on any atom is -0.396 e. The fourth-order valence-electron chi connectivity index (χ4n) is 1.16. The monoisotopic (exact) mass is 173 g/mol. The van der Waals surface area contributed by atoms with E-state index in [0.29, 0.717) is 6.42 Å². The molecule has 1 unspecified atom stereocenters. The molecule has 0 rings (SSSR count). The van der Waals surface area contributed by atoms with Crippen molar-refractivity contribution in [2.75, 3.05) is 26.7 Å². The van der Waals surface area contributed by atoms with Gasteiger partial charge < -0.3 is 14.8 Å². The molecule has 0 amide bonds. The molecule has 0 heterocycles. The lowest BCUT2D eigenvalue weighted by Crippen LogP contribution is -2.28. The van der Waals surface area contributed by atoms with Crippen LogP contribution in [-0.2, 0) is 4.79 Å². The molecule has 0 spiro atoms. The van der Waals surface area contributed by atoms with Crippen molar-refractivity contribution < 1.29 is 9.90 Å². The van der Waals surface area contributed by atoms with Crippen molar-refractivity contribution in [2.45, 2.75) is 20.3 Å². The molecule has 1 N–H and O–H groups in total. The first kappa shape index (κ1) is 11.6. The molecule has 0 aliphatic carbocycles. The average Bonchev–Trinajstić information content (AvgIpc) is 2.02. The molecule has 0 aromatic carbocycles. The van der Waals surface area contributed by atoms with Gasteiger partial charge in [-0.05, 0) is 20.5 Å². The zero-order chi connectivity index (χ0) is 9.56. The van der Waals surface area contributed by atoms with Gasteiger partial charge in [0.1, 0.15) is 5.78 Å². The molecule has 0 radical (unpaired) electrons. The quantitative estimate of drug-likeness (QED) is 0.637. The first-order valence-electron chi connectivity index (χ1n) is 4.39. The van der Waals surface area contributed by atoms with Crippen molar-refractivity contribution in [3.8, 4) is 0 Å². The van der Waals surface area contributed by atoms with Crippen molar-refractivity contribution in [1.82, 2.24) is 4.90 Å². The number of aliphatic hydroxyl groups excluding tert-OH is 1. The highest BCUT2D eigenvalue weighted by atomic mass is 16.3. The van der Waals surface area contributed by atoms with Crippen molar-refractivity contribution in [3.05, 3.63) is 0 Å². The van der Waals surface area contributed by atoms with Gasteiger partial charge in [0.2, 0.25) is 0 Å². The van der Waals surface area contributed by atoms with Crippen LogP contribution in [-0.4, -0.2) is 42.5 Å². The van der Waals surface area contributed by atoms with E-state index in [1.807, 2.05) is 7.05 Å². The van der Waals surface area contributed by atoms with Gasteiger partial charge >= 0.3 is 0 Å². The first-order valence-corrected chi connectivity index (χ1v) is 4.39. The Kier molecular flexibility index (Phi) is 5.93. The Morgan fingerprint density at radius 2 is 2.17 bits per heavy atom. The van der Waals surface area contributed by atoms with E-state index in [9.17, 15) is 4.79 Å². The number of ketones is 1. The molecule has 12 heavy (non-hydrogen) atoms. The maximum Gasteiger partial charge on any atom is 0.130 e. The molecule has 3 nitrogen and oxygen atoms in total. The maximum atomic E-state index is 10.8. The van der Waals surface area contributed by atoms with E-state index in [1.165, 1.54) is 0 Å². The van der Waals surface area contributed by atoms with Crippen LogP contribution >= 0.6 is 0 Å². The summed E-state index contributed by atoms with van der Waals surface area (Å²) >= 11 is 0. The fraction of sp³-hybridized carbons (Fsp3) is 0.889. The number of carbonyl (C=O) groups is 1. The van der Waals surface area contributed by atoms with Gasteiger partial charge in [0.25, 0.3) is 0 Å². The molecule has 3 heteroatoms. The standard InChI is InChI=1S/C9H19NO2/c1-4-10(3)6-9(7-11)5-8(2)12/h9,11H,4-7H2,1-3H3. The molecule has 72 valence electrons. The zero-order valence-electron chi connectivity index (χ0n) is 8.21. The lowest BCUT2D eigenvalue weighted by atomic mass is 10.0. The number of hydrogen-bond acceptors (Lipinski definition) is 3. The number of aliphatic hydroxyl groups is 1. The summed E-state index contributed by atoms with van der Waals surface area (Å²) in [5, 5.41) is 8.94. The largest absolute Gasteiger partial charge is 0.396 e. The number of carbonyl (C=O) groups excluding carboxylic acids is 1. The van der Waals surface area contributed by atoms with Gasteiger partial charge in [-0.2, -0.15) is 0 Å². The molecule has 0 fully saturated rings. The van der Waals surface area contributed by atoms with E-state index >= 15 is 0 Å². The van der Waals surface area contributed by atoms with Gasteiger partial charge in [-0.25, -0.2) is 0 Å². The highest BCUT2D eigenvalue weighted by molar-refractivity contribution is 5.75. The Bertz CT molecular complexity index is 136. The van der Waals surface area contributed by atoms with Gasteiger partial charge in [0.05, 0.1) is 0 Å². The first-order chi connectivity index (χ1) is 5.60. The van der Waals surface area contributed by atoms with Crippen LogP contribution in [0.2, 0.25) is 0 Å². The Morgan fingerprint density at radius 1 is 1.58 bits per heavy atom. The van der Waals surface area contributed by atoms with Crippen LogP contribution in [0.1, 0.15) is 20.3 Å². The SMILES string of the molecule is CCN(C)CC(CO)CC(C)=O. The zero-order valence-corrected chi connectivity index (χ0v) is 8.21. The van der Waals surface area contributed by atoms with Gasteiger partial charge in [0, 0.05) is 25.5 Å². The fourth-order valence-corrected chi connectivity index (χ4v) is 1.16. The normalized spacial score (nSPS) is 13.4. The number of Topliss-reactive ketones (excluding diaryl/α,β-unsaturated/α-hetero) is 1. The minimum atomic E-state index is 0.101. The lowest BCUT2D eigenvalue weighted by Gasteiger charge is -2.20. The molecule has 0 aliphatic heterocycles. The third-order valence-corrected chi connectivity index (χ3v) is 1.94. The summed E-state index contributed by atoms with van der Waals surface area (Å²) in [4.78, 5) is 12.9. The molecule has 0 aromatic rings. The van der Waals surface area contributed by atoms with Crippen LogP contribution in [0.5, 0.6) is 0 Å². The molecule has 0 aliphatic rings. The average molecular weight is 173 g/mol. The maximum absolute atomic E-state index is 10.8. The predicted molar refractivity (Wildman–Crippen MR) is 49.0 cm³/mol. The molecular formula is C9H19NO2. The number of rotatable bonds is 6. The van der Waals surface area contributed by atoms with E-state index < -0.39 is 0 Å². The summed E-state index contributed by atoms with van der Waals surface area (Å²) < 4.78 is 0. The lowest BCUT2D eigenvalue weighted by molar-refractivity contribution is -0.118. The van der Waals surface area contributed by atoms with E-state index in [4.69, 9.17) is 5.11 Å². The molecule has 0 aromatic heterocycles. The van der Waals surface area contributed by atoms with Crippen LogP contribution < -0.4 is 0 Å². The van der Waals surface area contributed by atoms with Crippen molar-refractivity contribution in [3.63, 3.8) is 0 Å². The van der Waals surface area contributed by atoms with Gasteiger partial charge in [-0.3, -0.25) is 0 Å². The van der Waals surface area contributed by atoms with Gasteiger partial charge in [0.15, 0.2) is 0 Å². The van der Waals surface area contributed by atoms with E-state index in [0.717, 1.165) is 13.1 Å². The Morgan fingerprint density at radius 3 is 2.50 bits per heavy atom. The van der Waals surface area contributed by atoms with Crippen LogP contribution in [0.3, 0.4) is 0 Å². The summed E-state index contributed by atoms with van der Waals surface area (Å²) in [5.74, 6) is 0.256. The van der Waals surface area contributed by atoms with E-state index in [1.54, 1.807) is 6.92 Å². The van der Waals surface area contributed by atoms with Gasteiger partial charge in [-0.15, -0.1) is 0 Å². The highest BCUT2D eigenvalue weighted by Crippen LogP contribution is 2.04. The second-order valence-corrected chi connectivity index (χ2v) is 3.31. The molecule has 0 saturated carbocycles. The number of hydrogen-bond donors (Lipinski definition) is 1. The van der Waals surface area contributed by atoms with Crippen LogP contribution in [0, 0.1) is 5.92 Å². The van der Waals surface area contributed by atoms with Crippen molar-refractivity contribution in [1.29, 1.82) is 0 Å². The highest BCUT2D eigenvalue weighted by Gasteiger charge is 2.11. The Labute approximate surface area is 74.4 Å². The third kappa shape index (κ3) is 5.27. The molecule has 0 bridgehead atoms. The molecule has 1 atom stereocenters. The van der Waals surface area contributed by atoms with E-state index in [2.05, 4.69) is 11.8 Å². The molecule has 0 saturated heterocycles. The summed E-state index contributed by atoms with van der Waals surface area (Å²) in [5.41, 5.74) is 0. The minimum absolute atomic E-state index is 0.101. The summed E-state index contributed by atoms with van der Waals surface area (Å²) in [6, 6.07) is 0. The van der Waals surface area contributed by atoms with Crippen molar-refractivity contribution >= 4 is 5.78 Å². The van der Waals surface area contributed by atoms with Crippen molar-refractivity contribution in [2.24, 2.45) is 5.92 Å². The third-order valence-electron chi connectivity index (χ3n) is 1.94.